The second kappa shape index (κ2) is 6.99. The summed E-state index contributed by atoms with van der Waals surface area (Å²) in [6, 6.07) is 18.3. The summed E-state index contributed by atoms with van der Waals surface area (Å²) in [6.07, 6.45) is 2.79. The van der Waals surface area contributed by atoms with Crippen molar-refractivity contribution in [2.45, 2.75) is 44.3 Å². The van der Waals surface area contributed by atoms with E-state index in [0.717, 1.165) is 36.2 Å². The van der Waals surface area contributed by atoms with Crippen molar-refractivity contribution in [1.82, 2.24) is 4.90 Å². The molecule has 5 nitrogen and oxygen atoms in total. The van der Waals surface area contributed by atoms with Gasteiger partial charge >= 0.3 is 5.97 Å². The van der Waals surface area contributed by atoms with E-state index in [0.29, 0.717) is 19.6 Å². The highest BCUT2D eigenvalue weighted by molar-refractivity contribution is 6.10. The highest BCUT2D eigenvalue weighted by Gasteiger charge is 2.67. The van der Waals surface area contributed by atoms with Gasteiger partial charge in [-0.25, -0.2) is 0 Å². The Morgan fingerprint density at radius 3 is 2.69 bits per heavy atom. The molecule has 0 aliphatic carbocycles. The number of esters is 1. The molecular formula is C24H26N2O3. The second-order valence-corrected chi connectivity index (χ2v) is 8.19. The highest BCUT2D eigenvalue weighted by Crippen LogP contribution is 2.57. The van der Waals surface area contributed by atoms with Gasteiger partial charge in [-0.05, 0) is 44.4 Å². The molecule has 0 N–H and O–H groups in total. The van der Waals surface area contributed by atoms with Crippen LogP contribution >= 0.6 is 0 Å². The molecule has 1 amide bonds. The van der Waals surface area contributed by atoms with Crippen molar-refractivity contribution in [2.24, 2.45) is 5.92 Å². The minimum Gasteiger partial charge on any atom is -0.466 e. The summed E-state index contributed by atoms with van der Waals surface area (Å²) in [5.41, 5.74) is 2.03. The van der Waals surface area contributed by atoms with Crippen LogP contribution in [-0.4, -0.2) is 36.0 Å². The molecule has 2 saturated heterocycles. The standard InChI is InChI=1S/C24H26N2O3/c1-2-29-22(27)20-15-18-11-8-14-26(18)24(20)19-12-6-7-13-21(19)25(23(24)28)16-17-9-4-3-5-10-17/h3-7,9-10,12-13,18,20H,2,8,11,14-16H2,1H3/t18-,20-,24-/m1/s1. The molecule has 1 spiro atoms. The predicted octanol–water partition coefficient (Wildman–Crippen LogP) is 3.48. The van der Waals surface area contributed by atoms with Gasteiger partial charge in [-0.1, -0.05) is 48.5 Å². The van der Waals surface area contributed by atoms with E-state index >= 15 is 0 Å². The summed E-state index contributed by atoms with van der Waals surface area (Å²) in [6.45, 7) is 3.51. The van der Waals surface area contributed by atoms with Crippen LogP contribution in [0.3, 0.4) is 0 Å². The Hall–Kier alpha value is -2.66. The minimum absolute atomic E-state index is 0.0185. The molecule has 2 aromatic carbocycles. The van der Waals surface area contributed by atoms with Gasteiger partial charge in [0.25, 0.3) is 5.91 Å². The van der Waals surface area contributed by atoms with Gasteiger partial charge in [0.2, 0.25) is 0 Å². The van der Waals surface area contributed by atoms with E-state index in [1.165, 1.54) is 0 Å². The number of fused-ring (bicyclic) bond motifs is 4. The van der Waals surface area contributed by atoms with Crippen LogP contribution in [0.25, 0.3) is 0 Å². The summed E-state index contributed by atoms with van der Waals surface area (Å²) in [5.74, 6) is -0.682. The number of benzene rings is 2. The summed E-state index contributed by atoms with van der Waals surface area (Å²) >= 11 is 0. The molecule has 0 unspecified atom stereocenters. The number of carbonyl (C=O) groups excluding carboxylic acids is 2. The van der Waals surface area contributed by atoms with Crippen LogP contribution in [0.4, 0.5) is 5.69 Å². The number of ether oxygens (including phenoxy) is 1. The van der Waals surface area contributed by atoms with Crippen LogP contribution in [0.5, 0.6) is 0 Å². The molecule has 2 fully saturated rings. The number of carbonyl (C=O) groups is 2. The third kappa shape index (κ3) is 2.57. The van der Waals surface area contributed by atoms with Gasteiger partial charge in [-0.2, -0.15) is 0 Å². The Balaban J connectivity index is 1.64. The quantitative estimate of drug-likeness (QED) is 0.750. The second-order valence-electron chi connectivity index (χ2n) is 8.19. The van der Waals surface area contributed by atoms with Gasteiger partial charge in [0.15, 0.2) is 0 Å². The van der Waals surface area contributed by atoms with Crippen molar-refractivity contribution in [1.29, 1.82) is 0 Å². The lowest BCUT2D eigenvalue weighted by molar-refractivity contribution is -0.155. The first kappa shape index (κ1) is 18.4. The molecule has 0 aromatic heterocycles. The SMILES string of the molecule is CCOC(=O)[C@H]1C[C@H]2CCCN2[C@@]12C(=O)N(Cc1ccccc1)c1ccccc12. The Morgan fingerprint density at radius 1 is 1.14 bits per heavy atom. The van der Waals surface area contributed by atoms with E-state index in [4.69, 9.17) is 4.74 Å². The molecule has 150 valence electrons. The monoisotopic (exact) mass is 390 g/mol. The molecule has 2 aromatic rings. The molecule has 3 aliphatic heterocycles. The fourth-order valence-corrected chi connectivity index (χ4v) is 5.70. The zero-order valence-corrected chi connectivity index (χ0v) is 16.7. The summed E-state index contributed by atoms with van der Waals surface area (Å²) < 4.78 is 5.46. The maximum Gasteiger partial charge on any atom is 0.311 e. The topological polar surface area (TPSA) is 49.9 Å². The molecule has 3 heterocycles. The third-order valence-electron chi connectivity index (χ3n) is 6.77. The van der Waals surface area contributed by atoms with Crippen LogP contribution in [0.1, 0.15) is 37.3 Å². The summed E-state index contributed by atoms with van der Waals surface area (Å²) in [4.78, 5) is 31.3. The molecule has 0 bridgehead atoms. The molecule has 0 radical (unpaired) electrons. The van der Waals surface area contributed by atoms with Crippen LogP contribution in [0, 0.1) is 5.92 Å². The largest absolute Gasteiger partial charge is 0.466 e. The fraction of sp³-hybridized carbons (Fsp3) is 0.417. The molecule has 5 rings (SSSR count). The number of hydrogen-bond acceptors (Lipinski definition) is 4. The number of hydrogen-bond donors (Lipinski definition) is 0. The van der Waals surface area contributed by atoms with Crippen LogP contribution < -0.4 is 4.90 Å². The highest BCUT2D eigenvalue weighted by atomic mass is 16.5. The Morgan fingerprint density at radius 2 is 1.90 bits per heavy atom. The maximum absolute atomic E-state index is 14.1. The lowest BCUT2D eigenvalue weighted by Crippen LogP contribution is -2.54. The van der Waals surface area contributed by atoms with E-state index in [1.54, 1.807) is 0 Å². The molecule has 29 heavy (non-hydrogen) atoms. The Bertz CT molecular complexity index is 944. The van der Waals surface area contributed by atoms with Gasteiger partial charge in [-0.15, -0.1) is 0 Å². The third-order valence-corrected chi connectivity index (χ3v) is 6.77. The minimum atomic E-state index is -0.932. The van der Waals surface area contributed by atoms with E-state index in [2.05, 4.69) is 4.90 Å². The predicted molar refractivity (Wildman–Crippen MR) is 110 cm³/mol. The van der Waals surface area contributed by atoms with Gasteiger partial charge < -0.3 is 9.64 Å². The van der Waals surface area contributed by atoms with Crippen molar-refractivity contribution in [2.75, 3.05) is 18.1 Å². The normalized spacial score (nSPS) is 28.0. The molecule has 3 atom stereocenters. The first-order valence-corrected chi connectivity index (χ1v) is 10.6. The van der Waals surface area contributed by atoms with Crippen LogP contribution in [0.2, 0.25) is 0 Å². The number of amides is 1. The molecule has 5 heteroatoms. The number of para-hydroxylation sites is 1. The van der Waals surface area contributed by atoms with E-state index in [1.807, 2.05) is 66.4 Å². The van der Waals surface area contributed by atoms with Crippen LogP contribution in [0.15, 0.2) is 54.6 Å². The van der Waals surface area contributed by atoms with Crippen molar-refractivity contribution in [3.63, 3.8) is 0 Å². The number of rotatable bonds is 4. The lowest BCUT2D eigenvalue weighted by atomic mass is 9.79. The van der Waals surface area contributed by atoms with Crippen molar-refractivity contribution in [3.05, 3.63) is 65.7 Å². The van der Waals surface area contributed by atoms with E-state index in [9.17, 15) is 9.59 Å². The van der Waals surface area contributed by atoms with Gasteiger partial charge in [0, 0.05) is 17.3 Å². The molecule has 0 saturated carbocycles. The molecule has 3 aliphatic rings. The summed E-state index contributed by atoms with van der Waals surface area (Å²) in [7, 11) is 0. The van der Waals surface area contributed by atoms with E-state index < -0.39 is 11.5 Å². The zero-order valence-electron chi connectivity index (χ0n) is 16.7. The summed E-state index contributed by atoms with van der Waals surface area (Å²) in [5, 5.41) is 0. The fourth-order valence-electron chi connectivity index (χ4n) is 5.70. The average Bonchev–Trinajstić information content (AvgIpc) is 3.39. The first-order chi connectivity index (χ1) is 14.2. The van der Waals surface area contributed by atoms with Crippen LogP contribution in [-0.2, 0) is 26.4 Å². The maximum atomic E-state index is 14.1. The van der Waals surface area contributed by atoms with Gasteiger partial charge in [-0.3, -0.25) is 14.5 Å². The Labute approximate surface area is 171 Å². The van der Waals surface area contributed by atoms with Crippen molar-refractivity contribution < 1.29 is 14.3 Å². The smallest absolute Gasteiger partial charge is 0.311 e. The average molecular weight is 390 g/mol. The van der Waals surface area contributed by atoms with Gasteiger partial charge in [0.1, 0.15) is 5.54 Å². The lowest BCUT2D eigenvalue weighted by Gasteiger charge is -2.37. The first-order valence-electron chi connectivity index (χ1n) is 10.6. The van der Waals surface area contributed by atoms with Crippen molar-refractivity contribution >= 4 is 17.6 Å². The van der Waals surface area contributed by atoms with Gasteiger partial charge in [0.05, 0.1) is 19.1 Å². The number of anilines is 1. The molecular weight excluding hydrogens is 364 g/mol. The van der Waals surface area contributed by atoms with E-state index in [-0.39, 0.29) is 17.9 Å². The van der Waals surface area contributed by atoms with Crippen molar-refractivity contribution in [3.8, 4) is 0 Å². The Kier molecular flexibility index (Phi) is 4.43. The number of nitrogens with zero attached hydrogens (tertiary/aromatic N) is 2. The zero-order chi connectivity index (χ0) is 20.0.